The van der Waals surface area contributed by atoms with Crippen LogP contribution in [0.15, 0.2) is 60.7 Å². The van der Waals surface area contributed by atoms with E-state index < -0.39 is 0 Å². The van der Waals surface area contributed by atoms with Crippen molar-refractivity contribution >= 4 is 10.8 Å². The molecule has 1 aliphatic carbocycles. The highest BCUT2D eigenvalue weighted by Gasteiger charge is 2.21. The molecule has 0 bridgehead atoms. The smallest absolute Gasteiger partial charge is 0.0255 e. The van der Waals surface area contributed by atoms with Crippen LogP contribution in [0.2, 0.25) is 0 Å². The minimum Gasteiger partial charge on any atom is -0.0654 e. The summed E-state index contributed by atoms with van der Waals surface area (Å²) < 4.78 is 0. The van der Waals surface area contributed by atoms with Gasteiger partial charge in [0.2, 0.25) is 0 Å². The molecule has 0 spiro atoms. The van der Waals surface area contributed by atoms with Crippen molar-refractivity contribution in [1.29, 1.82) is 0 Å². The highest BCUT2D eigenvalue weighted by Crippen LogP contribution is 2.37. The molecule has 1 saturated carbocycles. The summed E-state index contributed by atoms with van der Waals surface area (Å²) in [5, 5.41) is 2.61. The largest absolute Gasteiger partial charge is 0.0654 e. The van der Waals surface area contributed by atoms with Crippen LogP contribution in [0.1, 0.15) is 106 Å². The second-order valence-electron chi connectivity index (χ2n) is 10.1. The summed E-state index contributed by atoms with van der Waals surface area (Å²) in [7, 11) is 0. The van der Waals surface area contributed by atoms with Gasteiger partial charge in [-0.25, -0.2) is 0 Å². The van der Waals surface area contributed by atoms with Gasteiger partial charge in [0.1, 0.15) is 0 Å². The predicted molar refractivity (Wildman–Crippen MR) is 144 cm³/mol. The molecule has 1 fully saturated rings. The van der Waals surface area contributed by atoms with Gasteiger partial charge in [0.25, 0.3) is 0 Å². The molecule has 3 aromatic rings. The van der Waals surface area contributed by atoms with Crippen LogP contribution in [-0.2, 0) is 6.42 Å². The Morgan fingerprint density at radius 3 is 2.12 bits per heavy atom. The fraction of sp³-hybridized carbons (Fsp3) is 0.455. The van der Waals surface area contributed by atoms with Gasteiger partial charge in [0.05, 0.1) is 0 Å². The van der Waals surface area contributed by atoms with E-state index in [9.17, 15) is 0 Å². The molecule has 0 saturated heterocycles. The Bertz CT molecular complexity index is 1070. The molecular weight excluding hydrogens is 396 g/mol. The number of aryl methyl sites for hydroxylation is 1. The van der Waals surface area contributed by atoms with Gasteiger partial charge in [-0.05, 0) is 96.5 Å². The van der Waals surface area contributed by atoms with Crippen LogP contribution >= 0.6 is 0 Å². The molecule has 0 radical (unpaired) electrons. The number of hydrogen-bond acceptors (Lipinski definition) is 0. The molecule has 0 N–H and O–H groups in total. The number of fused-ring (bicyclic) bond motifs is 1. The van der Waals surface area contributed by atoms with E-state index in [1.54, 1.807) is 0 Å². The van der Waals surface area contributed by atoms with Crippen molar-refractivity contribution in [2.45, 2.75) is 90.4 Å². The zero-order valence-electron chi connectivity index (χ0n) is 20.7. The fourth-order valence-corrected chi connectivity index (χ4v) is 5.46. The summed E-state index contributed by atoms with van der Waals surface area (Å²) in [6, 6.07) is 22.6. The molecule has 3 aromatic carbocycles. The molecular formula is C33H40. The SMILES string of the molecule is CCCCCCc1ccc2cc(C#Cc3ccc(C4CCC(CCC)CC4)cc3)ccc2c1. The number of rotatable bonds is 8. The summed E-state index contributed by atoms with van der Waals surface area (Å²) in [5.41, 5.74) is 5.17. The van der Waals surface area contributed by atoms with Crippen molar-refractivity contribution in [2.24, 2.45) is 5.92 Å². The molecule has 4 rings (SSSR count). The highest BCUT2D eigenvalue weighted by molar-refractivity contribution is 5.84. The van der Waals surface area contributed by atoms with Gasteiger partial charge in [0, 0.05) is 11.1 Å². The molecule has 0 aromatic heterocycles. The molecule has 0 atom stereocenters. The molecule has 0 unspecified atom stereocenters. The van der Waals surface area contributed by atoms with E-state index in [0.717, 1.165) is 23.0 Å². The van der Waals surface area contributed by atoms with E-state index in [1.165, 1.54) is 92.5 Å². The van der Waals surface area contributed by atoms with Crippen molar-refractivity contribution < 1.29 is 0 Å². The van der Waals surface area contributed by atoms with Crippen molar-refractivity contribution in [3.63, 3.8) is 0 Å². The molecule has 172 valence electrons. The standard InChI is InChI=1S/C33H40/c1-3-5-6-7-9-28-16-22-33-25-29(17-23-32(33)24-28)11-10-27-14-20-31(21-15-27)30-18-12-26(8-4-2)13-19-30/h14-17,20-26,30H,3-9,12-13,18-19H2,1-2H3. The Balaban J connectivity index is 1.36. The van der Waals surface area contributed by atoms with Crippen molar-refractivity contribution in [1.82, 2.24) is 0 Å². The van der Waals surface area contributed by atoms with Crippen molar-refractivity contribution in [2.75, 3.05) is 0 Å². The third-order valence-corrected chi connectivity index (χ3v) is 7.50. The van der Waals surface area contributed by atoms with E-state index in [2.05, 4.69) is 86.4 Å². The molecule has 0 aliphatic heterocycles. The first-order valence-corrected chi connectivity index (χ1v) is 13.4. The van der Waals surface area contributed by atoms with E-state index in [4.69, 9.17) is 0 Å². The predicted octanol–water partition coefficient (Wildman–Crippen LogP) is 9.44. The first kappa shape index (κ1) is 23.6. The van der Waals surface area contributed by atoms with Crippen LogP contribution in [0.3, 0.4) is 0 Å². The molecule has 0 nitrogen and oxygen atoms in total. The molecule has 0 heterocycles. The lowest BCUT2D eigenvalue weighted by atomic mass is 9.77. The normalized spacial score (nSPS) is 18.1. The lowest BCUT2D eigenvalue weighted by molar-refractivity contribution is 0.308. The third-order valence-electron chi connectivity index (χ3n) is 7.50. The fourth-order valence-electron chi connectivity index (χ4n) is 5.46. The van der Waals surface area contributed by atoms with Crippen LogP contribution in [0.5, 0.6) is 0 Å². The Hall–Kier alpha value is -2.52. The van der Waals surface area contributed by atoms with Crippen LogP contribution in [-0.4, -0.2) is 0 Å². The van der Waals surface area contributed by atoms with Gasteiger partial charge in [-0.1, -0.05) is 94.2 Å². The molecule has 0 heteroatoms. The maximum absolute atomic E-state index is 3.38. The Labute approximate surface area is 201 Å². The quantitative estimate of drug-likeness (QED) is 0.244. The summed E-state index contributed by atoms with van der Waals surface area (Å²) in [6.07, 6.45) is 14.7. The first-order valence-electron chi connectivity index (χ1n) is 13.4. The maximum atomic E-state index is 3.38. The van der Waals surface area contributed by atoms with Crippen LogP contribution in [0, 0.1) is 17.8 Å². The zero-order valence-corrected chi connectivity index (χ0v) is 20.7. The van der Waals surface area contributed by atoms with E-state index in [1.807, 2.05) is 0 Å². The van der Waals surface area contributed by atoms with Gasteiger partial charge in [-0.3, -0.25) is 0 Å². The highest BCUT2D eigenvalue weighted by atomic mass is 14.3. The average Bonchev–Trinajstić information content (AvgIpc) is 2.86. The zero-order chi connectivity index (χ0) is 22.9. The molecule has 1 aliphatic rings. The summed E-state index contributed by atoms with van der Waals surface area (Å²) in [4.78, 5) is 0. The summed E-state index contributed by atoms with van der Waals surface area (Å²) >= 11 is 0. The number of hydrogen-bond donors (Lipinski definition) is 0. The third kappa shape index (κ3) is 6.74. The minimum atomic E-state index is 0.747. The van der Waals surface area contributed by atoms with Crippen LogP contribution in [0.25, 0.3) is 10.8 Å². The van der Waals surface area contributed by atoms with Crippen LogP contribution < -0.4 is 0 Å². The van der Waals surface area contributed by atoms with E-state index >= 15 is 0 Å². The average molecular weight is 437 g/mol. The summed E-state index contributed by atoms with van der Waals surface area (Å²) in [5.74, 6) is 8.48. The Morgan fingerprint density at radius 2 is 1.36 bits per heavy atom. The molecule has 33 heavy (non-hydrogen) atoms. The van der Waals surface area contributed by atoms with Gasteiger partial charge in [-0.15, -0.1) is 0 Å². The topological polar surface area (TPSA) is 0 Å². The molecule has 0 amide bonds. The monoisotopic (exact) mass is 436 g/mol. The van der Waals surface area contributed by atoms with Gasteiger partial charge >= 0.3 is 0 Å². The second kappa shape index (κ2) is 12.1. The van der Waals surface area contributed by atoms with Crippen molar-refractivity contribution in [3.8, 4) is 11.8 Å². The Kier molecular flexibility index (Phi) is 8.65. The summed E-state index contributed by atoms with van der Waals surface area (Å²) in [6.45, 7) is 4.58. The number of benzene rings is 3. The minimum absolute atomic E-state index is 0.747. The Morgan fingerprint density at radius 1 is 0.667 bits per heavy atom. The lowest BCUT2D eigenvalue weighted by Crippen LogP contribution is -2.13. The lowest BCUT2D eigenvalue weighted by Gasteiger charge is -2.28. The van der Waals surface area contributed by atoms with Gasteiger partial charge in [-0.2, -0.15) is 0 Å². The van der Waals surface area contributed by atoms with Gasteiger partial charge in [0.15, 0.2) is 0 Å². The van der Waals surface area contributed by atoms with Gasteiger partial charge < -0.3 is 0 Å². The van der Waals surface area contributed by atoms with Crippen LogP contribution in [0.4, 0.5) is 0 Å². The van der Waals surface area contributed by atoms with Crippen molar-refractivity contribution in [3.05, 3.63) is 82.9 Å². The van der Waals surface area contributed by atoms with E-state index in [-0.39, 0.29) is 0 Å². The first-order chi connectivity index (χ1) is 16.2. The number of unbranched alkanes of at least 4 members (excludes halogenated alkanes) is 3. The second-order valence-corrected chi connectivity index (χ2v) is 10.1. The maximum Gasteiger partial charge on any atom is 0.0255 e. The van der Waals surface area contributed by atoms with E-state index in [0.29, 0.717) is 0 Å².